The first kappa shape index (κ1) is 16.7. The lowest BCUT2D eigenvalue weighted by molar-refractivity contribution is -0.144. The SMILES string of the molecule is CCNC(C)(CC(=O)OCC)c1ccc(C(C)C)cc1. The molecule has 112 valence electrons. The van der Waals surface area contributed by atoms with Gasteiger partial charge in [-0.15, -0.1) is 0 Å². The molecule has 0 aliphatic rings. The molecule has 0 bridgehead atoms. The first-order chi connectivity index (χ1) is 9.42. The number of hydrogen-bond acceptors (Lipinski definition) is 3. The summed E-state index contributed by atoms with van der Waals surface area (Å²) in [5.41, 5.74) is 2.05. The fraction of sp³-hybridized carbons (Fsp3) is 0.588. The fourth-order valence-electron chi connectivity index (χ4n) is 2.39. The van der Waals surface area contributed by atoms with Gasteiger partial charge in [-0.3, -0.25) is 4.79 Å². The summed E-state index contributed by atoms with van der Waals surface area (Å²) < 4.78 is 5.09. The van der Waals surface area contributed by atoms with E-state index in [0.717, 1.165) is 12.1 Å². The number of carbonyl (C=O) groups is 1. The average molecular weight is 277 g/mol. The van der Waals surface area contributed by atoms with Gasteiger partial charge in [0.1, 0.15) is 0 Å². The fourth-order valence-corrected chi connectivity index (χ4v) is 2.39. The Kier molecular flexibility index (Phi) is 6.21. The molecule has 1 rings (SSSR count). The van der Waals surface area contributed by atoms with Crippen molar-refractivity contribution < 1.29 is 9.53 Å². The Labute approximate surface area is 122 Å². The third-order valence-corrected chi connectivity index (χ3v) is 3.58. The van der Waals surface area contributed by atoms with Gasteiger partial charge in [0.2, 0.25) is 0 Å². The minimum Gasteiger partial charge on any atom is -0.466 e. The van der Waals surface area contributed by atoms with E-state index in [2.05, 4.69) is 50.4 Å². The van der Waals surface area contributed by atoms with Crippen LogP contribution in [0.15, 0.2) is 24.3 Å². The Morgan fingerprint density at radius 1 is 1.25 bits per heavy atom. The number of nitrogens with one attached hydrogen (secondary N) is 1. The van der Waals surface area contributed by atoms with Gasteiger partial charge >= 0.3 is 5.97 Å². The smallest absolute Gasteiger partial charge is 0.307 e. The zero-order valence-corrected chi connectivity index (χ0v) is 13.3. The highest BCUT2D eigenvalue weighted by atomic mass is 16.5. The van der Waals surface area contributed by atoms with Crippen LogP contribution in [0.3, 0.4) is 0 Å². The van der Waals surface area contributed by atoms with Crippen molar-refractivity contribution in [2.45, 2.75) is 52.5 Å². The zero-order valence-electron chi connectivity index (χ0n) is 13.3. The van der Waals surface area contributed by atoms with Crippen LogP contribution in [0.5, 0.6) is 0 Å². The maximum Gasteiger partial charge on any atom is 0.307 e. The molecule has 1 aromatic rings. The second-order valence-electron chi connectivity index (χ2n) is 5.62. The van der Waals surface area contributed by atoms with E-state index in [9.17, 15) is 4.79 Å². The van der Waals surface area contributed by atoms with Crippen LogP contribution in [-0.4, -0.2) is 19.1 Å². The van der Waals surface area contributed by atoms with Crippen LogP contribution >= 0.6 is 0 Å². The highest BCUT2D eigenvalue weighted by Gasteiger charge is 2.29. The minimum atomic E-state index is -0.378. The Bertz CT molecular complexity index is 425. The lowest BCUT2D eigenvalue weighted by Crippen LogP contribution is -2.41. The van der Waals surface area contributed by atoms with E-state index >= 15 is 0 Å². The second kappa shape index (κ2) is 7.44. The summed E-state index contributed by atoms with van der Waals surface area (Å²) >= 11 is 0. The Hall–Kier alpha value is -1.35. The zero-order chi connectivity index (χ0) is 15.2. The van der Waals surface area contributed by atoms with Gasteiger partial charge in [-0.2, -0.15) is 0 Å². The van der Waals surface area contributed by atoms with E-state index in [4.69, 9.17) is 4.74 Å². The van der Waals surface area contributed by atoms with Crippen molar-refractivity contribution >= 4 is 5.97 Å². The molecule has 0 amide bonds. The van der Waals surface area contributed by atoms with Crippen LogP contribution in [0.1, 0.15) is 58.1 Å². The Morgan fingerprint density at radius 2 is 1.85 bits per heavy atom. The molecule has 0 spiro atoms. The quantitative estimate of drug-likeness (QED) is 0.774. The van der Waals surface area contributed by atoms with Crippen molar-refractivity contribution in [3.8, 4) is 0 Å². The predicted molar refractivity (Wildman–Crippen MR) is 82.8 cm³/mol. The second-order valence-corrected chi connectivity index (χ2v) is 5.62. The average Bonchev–Trinajstić information content (AvgIpc) is 2.39. The predicted octanol–water partition coefficient (Wildman–Crippen LogP) is 3.59. The maximum atomic E-state index is 11.8. The standard InChI is InChI=1S/C17H27NO2/c1-6-18-17(5,12-16(19)20-7-2)15-10-8-14(9-11-15)13(3)4/h8-11,13,18H,6-7,12H2,1-5H3. The molecule has 3 heteroatoms. The van der Waals surface area contributed by atoms with E-state index in [1.54, 1.807) is 0 Å². The van der Waals surface area contributed by atoms with Crippen molar-refractivity contribution in [2.24, 2.45) is 0 Å². The molecular formula is C17H27NO2. The first-order valence-electron chi connectivity index (χ1n) is 7.44. The molecule has 1 atom stereocenters. The lowest BCUT2D eigenvalue weighted by atomic mass is 9.87. The molecule has 0 heterocycles. The molecule has 1 aromatic carbocycles. The third kappa shape index (κ3) is 4.34. The van der Waals surface area contributed by atoms with E-state index < -0.39 is 0 Å². The number of ether oxygens (including phenoxy) is 1. The normalized spacial score (nSPS) is 14.1. The van der Waals surface area contributed by atoms with Crippen LogP contribution in [-0.2, 0) is 15.1 Å². The van der Waals surface area contributed by atoms with Gasteiger partial charge in [-0.05, 0) is 37.4 Å². The molecule has 20 heavy (non-hydrogen) atoms. The first-order valence-corrected chi connectivity index (χ1v) is 7.44. The van der Waals surface area contributed by atoms with Gasteiger partial charge in [-0.1, -0.05) is 45.0 Å². The molecule has 1 N–H and O–H groups in total. The summed E-state index contributed by atoms with van der Waals surface area (Å²) in [5, 5.41) is 3.41. The number of rotatable bonds is 7. The summed E-state index contributed by atoms with van der Waals surface area (Å²) in [4.78, 5) is 11.8. The summed E-state index contributed by atoms with van der Waals surface area (Å²) in [6.07, 6.45) is 0.343. The van der Waals surface area contributed by atoms with Gasteiger partial charge in [0.15, 0.2) is 0 Å². The van der Waals surface area contributed by atoms with E-state index in [1.165, 1.54) is 5.56 Å². The summed E-state index contributed by atoms with van der Waals surface area (Å²) in [5.74, 6) is 0.350. The van der Waals surface area contributed by atoms with Gasteiger partial charge in [-0.25, -0.2) is 0 Å². The van der Waals surface area contributed by atoms with Crippen molar-refractivity contribution in [3.63, 3.8) is 0 Å². The van der Waals surface area contributed by atoms with E-state index in [-0.39, 0.29) is 11.5 Å². The Morgan fingerprint density at radius 3 is 2.30 bits per heavy atom. The van der Waals surface area contributed by atoms with Gasteiger partial charge in [0, 0.05) is 0 Å². The summed E-state index contributed by atoms with van der Waals surface area (Å²) in [6.45, 7) is 11.5. The highest BCUT2D eigenvalue weighted by Crippen LogP contribution is 2.27. The lowest BCUT2D eigenvalue weighted by Gasteiger charge is -2.30. The van der Waals surface area contributed by atoms with Gasteiger partial charge in [0.25, 0.3) is 0 Å². The molecule has 0 aliphatic heterocycles. The van der Waals surface area contributed by atoms with Crippen molar-refractivity contribution in [2.75, 3.05) is 13.2 Å². The van der Waals surface area contributed by atoms with Crippen LogP contribution < -0.4 is 5.32 Å². The highest BCUT2D eigenvalue weighted by molar-refractivity contribution is 5.71. The molecule has 0 aromatic heterocycles. The van der Waals surface area contributed by atoms with E-state index in [0.29, 0.717) is 18.9 Å². The number of hydrogen-bond donors (Lipinski definition) is 1. The minimum absolute atomic E-state index is 0.163. The number of carbonyl (C=O) groups excluding carboxylic acids is 1. The van der Waals surface area contributed by atoms with Crippen LogP contribution in [0, 0.1) is 0 Å². The van der Waals surface area contributed by atoms with Crippen molar-refractivity contribution in [3.05, 3.63) is 35.4 Å². The van der Waals surface area contributed by atoms with Crippen LogP contribution in [0.25, 0.3) is 0 Å². The molecule has 1 unspecified atom stereocenters. The monoisotopic (exact) mass is 277 g/mol. The molecule has 0 radical (unpaired) electrons. The van der Waals surface area contributed by atoms with Crippen molar-refractivity contribution in [1.29, 1.82) is 0 Å². The van der Waals surface area contributed by atoms with Crippen molar-refractivity contribution in [1.82, 2.24) is 5.32 Å². The van der Waals surface area contributed by atoms with E-state index in [1.807, 2.05) is 13.8 Å². The third-order valence-electron chi connectivity index (χ3n) is 3.58. The largest absolute Gasteiger partial charge is 0.466 e. The van der Waals surface area contributed by atoms with Gasteiger partial charge in [0.05, 0.1) is 18.6 Å². The summed E-state index contributed by atoms with van der Waals surface area (Å²) in [6, 6.07) is 8.50. The molecule has 3 nitrogen and oxygen atoms in total. The Balaban J connectivity index is 2.96. The van der Waals surface area contributed by atoms with Crippen LogP contribution in [0.4, 0.5) is 0 Å². The topological polar surface area (TPSA) is 38.3 Å². The number of esters is 1. The van der Waals surface area contributed by atoms with Crippen LogP contribution in [0.2, 0.25) is 0 Å². The van der Waals surface area contributed by atoms with Gasteiger partial charge < -0.3 is 10.1 Å². The number of benzene rings is 1. The maximum absolute atomic E-state index is 11.8. The molecule has 0 saturated carbocycles. The molecule has 0 saturated heterocycles. The molecule has 0 aliphatic carbocycles. The molecular weight excluding hydrogens is 250 g/mol. The summed E-state index contributed by atoms with van der Waals surface area (Å²) in [7, 11) is 0. The molecule has 0 fully saturated rings.